The Hall–Kier alpha value is -6.03. The largest absolute Gasteiger partial charge is 0.510 e. The van der Waals surface area contributed by atoms with Crippen LogP contribution in [0.2, 0.25) is 0 Å². The molecule has 364 valence electrons. The maximum atomic E-state index is 13.5. The van der Waals surface area contributed by atoms with E-state index in [1.807, 2.05) is 34.5 Å². The number of likely N-dealkylation sites (N-methyl/N-ethyl adjacent to an activating group) is 1. The third kappa shape index (κ3) is 8.82. The van der Waals surface area contributed by atoms with Gasteiger partial charge < -0.3 is 54.7 Å². The second-order valence-electron chi connectivity index (χ2n) is 17.5. The Kier molecular flexibility index (Phi) is 14.8. The van der Waals surface area contributed by atoms with E-state index in [-0.39, 0.29) is 68.7 Å². The van der Waals surface area contributed by atoms with Gasteiger partial charge in [0.25, 0.3) is 5.88 Å². The second-order valence-corrected chi connectivity index (χ2v) is 18.2. The van der Waals surface area contributed by atoms with Crippen molar-refractivity contribution >= 4 is 69.1 Å². The molecule has 0 bridgehead atoms. The molecule has 3 aromatic carbocycles. The van der Waals surface area contributed by atoms with E-state index in [0.717, 1.165) is 0 Å². The van der Waals surface area contributed by atoms with Crippen LogP contribution in [0.3, 0.4) is 0 Å². The number of nitrogens with zero attached hydrogens (tertiary/aromatic N) is 3. The number of nitrogens with two attached hydrogens (primary N) is 2. The molecule has 0 radical (unpaired) electrons. The third-order valence-electron chi connectivity index (χ3n) is 13.2. The number of carbonyl (C=O) groups is 5. The van der Waals surface area contributed by atoms with Crippen LogP contribution in [0.1, 0.15) is 62.9 Å². The molecule has 8 N–H and O–H groups in total. The Balaban J connectivity index is 0.000000158. The van der Waals surface area contributed by atoms with Crippen molar-refractivity contribution in [3.8, 4) is 23.1 Å². The van der Waals surface area contributed by atoms with Crippen molar-refractivity contribution in [1.29, 1.82) is 0 Å². The number of primary amides is 1. The number of Topliss-reactive ketones (excluding diaryl/α,β-unsaturated/α-hetero) is 2. The summed E-state index contributed by atoms with van der Waals surface area (Å²) in [6.45, 7) is 0. The molecule has 1 amide bonds. The summed E-state index contributed by atoms with van der Waals surface area (Å²) < 4.78 is 26.0. The fraction of sp³-hybridized carbons (Fsp3) is 0.319. The molecular formula is C47H52N5O14P3. The Bertz CT molecular complexity index is 2810. The van der Waals surface area contributed by atoms with Crippen LogP contribution in [-0.4, -0.2) is 110 Å². The monoisotopic (exact) mass is 1000 g/mol. The summed E-state index contributed by atoms with van der Waals surface area (Å²) in [5.41, 5.74) is 9.05. The van der Waals surface area contributed by atoms with Gasteiger partial charge in [0.15, 0.2) is 17.3 Å². The Morgan fingerprint density at radius 3 is 2.16 bits per heavy atom. The van der Waals surface area contributed by atoms with Crippen LogP contribution in [0, 0.1) is 17.8 Å². The predicted octanol–water partition coefficient (Wildman–Crippen LogP) is 4.78. The van der Waals surface area contributed by atoms with Crippen LogP contribution in [-0.2, 0) is 25.3 Å². The van der Waals surface area contributed by atoms with Crippen molar-refractivity contribution in [2.24, 2.45) is 23.5 Å². The molecule has 0 aliphatic heterocycles. The van der Waals surface area contributed by atoms with Crippen molar-refractivity contribution in [3.63, 3.8) is 0 Å². The number of phenolic OH excluding ortho intramolecular Hbond substituents is 1. The molecule has 3 unspecified atom stereocenters. The second kappa shape index (κ2) is 20.1. The van der Waals surface area contributed by atoms with E-state index >= 15 is 0 Å². The predicted molar refractivity (Wildman–Crippen MR) is 260 cm³/mol. The van der Waals surface area contributed by atoms with Crippen LogP contribution >= 0.6 is 28.4 Å². The molecule has 1 fully saturated rings. The van der Waals surface area contributed by atoms with Gasteiger partial charge in [-0.1, -0.05) is 42.5 Å². The number of ether oxygens (including phenoxy) is 1. The van der Waals surface area contributed by atoms with Gasteiger partial charge in [0, 0.05) is 39.0 Å². The topological polar surface area (TPSA) is 288 Å². The zero-order valence-electron chi connectivity index (χ0n) is 37.8. The fourth-order valence-corrected chi connectivity index (χ4v) is 10.9. The molecule has 19 nitrogen and oxygen atoms in total. The number of aliphatic hydroxyl groups is 3. The number of carbonyl (C=O) groups excluding carboxylic acids is 5. The Labute approximate surface area is 403 Å². The fourth-order valence-electron chi connectivity index (χ4n) is 10.1. The van der Waals surface area contributed by atoms with Crippen molar-refractivity contribution in [2.75, 3.05) is 33.9 Å². The van der Waals surface area contributed by atoms with Crippen LogP contribution in [0.25, 0.3) is 5.76 Å². The molecule has 10 atom stereocenters. The van der Waals surface area contributed by atoms with E-state index in [1.54, 1.807) is 79.7 Å². The summed E-state index contributed by atoms with van der Waals surface area (Å²) in [6.07, 6.45) is 3.98. The highest BCUT2D eigenvalue weighted by Gasteiger charge is 2.63. The number of benzene rings is 3. The zero-order valence-corrected chi connectivity index (χ0v) is 41.3. The lowest BCUT2D eigenvalue weighted by atomic mass is 9.57. The number of allylic oxidation sites excluding steroid dienone is 1. The lowest BCUT2D eigenvalue weighted by Gasteiger charge is -2.51. The number of rotatable bonds is 8. The van der Waals surface area contributed by atoms with Gasteiger partial charge >= 0.3 is 5.97 Å². The van der Waals surface area contributed by atoms with Gasteiger partial charge in [-0.3, -0.25) is 29.0 Å². The number of nitrogen functional groups attached to an aromatic ring is 1. The first-order valence-corrected chi connectivity index (χ1v) is 22.8. The molecule has 22 heteroatoms. The number of anilines is 1. The first-order valence-electron chi connectivity index (χ1n) is 21.4. The van der Waals surface area contributed by atoms with E-state index in [0.29, 0.717) is 47.8 Å². The molecular weight excluding hydrogens is 951 g/mol. The first kappa shape index (κ1) is 50.8. The number of aliphatic hydroxyl groups excluding tert-OH is 2. The number of hydrogen-bond donors (Lipinski definition) is 6. The number of aromatic hydroxyl groups is 1. The number of fused-ring (bicyclic) bond motifs is 5. The van der Waals surface area contributed by atoms with Crippen molar-refractivity contribution in [2.45, 2.75) is 49.0 Å². The standard InChI is InChI=1S/C21H24N2O6.C13H16N2O5P2.C13H12NO3P/c1-23(2)16-12-7-10-6-9-4-3-5-13(24)14(9)18(26)15(10)19(27)21(12,29)8-11(17(16)25)20(22)28;1-15(2)9-6-4-3-5-7(16)13(6,20-22)11(17)8-10(9)18-14-12(8)19-21;14-10-7-4-8-11(17-18)12(10)13(15)16-9-5-2-1-3-6-9/h3-5,10,12,16,24-26,29H,6-8H2,1-2H3,(H2,22,28);3,5-6,9H,4,21-22H2,1-2H3;1-8H,14,18H2/t10-,12-,16-,21-;6-,9-,13-;/m00./s1. The smallest absolute Gasteiger partial charge is 0.349 e. The van der Waals surface area contributed by atoms with Gasteiger partial charge in [0.05, 0.1) is 42.2 Å². The summed E-state index contributed by atoms with van der Waals surface area (Å²) >= 11 is 0. The number of phenols is 1. The summed E-state index contributed by atoms with van der Waals surface area (Å²) in [4.78, 5) is 66.5. The summed E-state index contributed by atoms with van der Waals surface area (Å²) in [5, 5.41) is 46.9. The Morgan fingerprint density at radius 2 is 1.54 bits per heavy atom. The van der Waals surface area contributed by atoms with E-state index in [9.17, 15) is 44.4 Å². The van der Waals surface area contributed by atoms with Crippen LogP contribution in [0.4, 0.5) is 5.69 Å². The van der Waals surface area contributed by atoms with Gasteiger partial charge in [-0.2, -0.15) is 0 Å². The summed E-state index contributed by atoms with van der Waals surface area (Å²) in [5.74, 6) is -3.91. The van der Waals surface area contributed by atoms with Crippen LogP contribution < -0.4 is 25.3 Å². The highest BCUT2D eigenvalue weighted by molar-refractivity contribution is 7.10. The van der Waals surface area contributed by atoms with E-state index in [4.69, 9.17) is 34.3 Å². The lowest BCUT2D eigenvalue weighted by Crippen LogP contribution is -2.62. The zero-order chi connectivity index (χ0) is 50.3. The molecule has 69 heavy (non-hydrogen) atoms. The van der Waals surface area contributed by atoms with E-state index < -0.39 is 58.9 Å². The van der Waals surface area contributed by atoms with Crippen molar-refractivity contribution < 1.29 is 67.2 Å². The molecule has 5 aliphatic carbocycles. The van der Waals surface area contributed by atoms with Crippen LogP contribution in [0.15, 0.2) is 100 Å². The minimum atomic E-state index is -1.99. The molecule has 1 heterocycles. The molecule has 9 rings (SSSR count). The van der Waals surface area contributed by atoms with Gasteiger partial charge in [0.1, 0.15) is 45.5 Å². The molecule has 0 spiro atoms. The van der Waals surface area contributed by atoms with E-state index in [2.05, 4.69) is 24.1 Å². The maximum Gasteiger partial charge on any atom is 0.349 e. The average molecular weight is 1000 g/mol. The summed E-state index contributed by atoms with van der Waals surface area (Å²) in [7, 11) is 13.2. The first-order chi connectivity index (χ1) is 32.8. The molecule has 1 saturated carbocycles. The minimum Gasteiger partial charge on any atom is -0.510 e. The SMILES string of the molecule is CN(C)[C@@H]1C(O)=C(C(N)=O)C[C@@]2(O)C(=O)C3=C(O)c4c(O)cccc4C[C@H]3C[C@@H]12.CN(C)[C@@H]1c2onc(OP)c2C(=O)[C@@]2(OP)C(=O)C=CC[C@@H]12.Nc1cccc(OP)c1C(=O)Oc1ccccc1. The summed E-state index contributed by atoms with van der Waals surface area (Å²) in [6, 6.07) is 17.5. The number of esters is 1. The highest BCUT2D eigenvalue weighted by Crippen LogP contribution is 2.54. The van der Waals surface area contributed by atoms with Gasteiger partial charge in [-0.15, -0.1) is 0 Å². The van der Waals surface area contributed by atoms with E-state index in [1.165, 1.54) is 12.1 Å². The Morgan fingerprint density at radius 1 is 0.855 bits per heavy atom. The quantitative estimate of drug-likeness (QED) is 0.0455. The molecule has 5 aliphatic rings. The van der Waals surface area contributed by atoms with Gasteiger partial charge in [-0.05, 0) is 100 Å². The molecule has 0 saturated heterocycles. The molecule has 1 aromatic heterocycles. The van der Waals surface area contributed by atoms with Gasteiger partial charge in [0.2, 0.25) is 17.3 Å². The highest BCUT2D eigenvalue weighted by atomic mass is 31.0. The lowest BCUT2D eigenvalue weighted by molar-refractivity contribution is -0.151. The molecule has 4 aromatic rings. The normalized spacial score (nSPS) is 25.5. The third-order valence-corrected chi connectivity index (χ3v) is 14.1. The number of aromatic nitrogens is 1. The average Bonchev–Trinajstić information content (AvgIpc) is 3.74. The number of ketones is 3. The van der Waals surface area contributed by atoms with Crippen molar-refractivity contribution in [1.82, 2.24) is 15.0 Å². The minimum absolute atomic E-state index is 0.0408. The number of amides is 1. The maximum absolute atomic E-state index is 13.5. The number of hydrogen-bond acceptors (Lipinski definition) is 18. The van der Waals surface area contributed by atoms with Crippen LogP contribution in [0.5, 0.6) is 23.1 Å². The van der Waals surface area contributed by atoms with Gasteiger partial charge in [-0.25, -0.2) is 4.79 Å². The van der Waals surface area contributed by atoms with Crippen molar-refractivity contribution in [3.05, 3.63) is 124 Å². The number of para-hydroxylation sites is 1.